The van der Waals surface area contributed by atoms with Gasteiger partial charge in [-0.25, -0.2) is 0 Å². The van der Waals surface area contributed by atoms with Gasteiger partial charge in [0.15, 0.2) is 0 Å². The maximum absolute atomic E-state index is 13.7. The van der Waals surface area contributed by atoms with Gasteiger partial charge >= 0.3 is 0 Å². The van der Waals surface area contributed by atoms with Gasteiger partial charge in [-0.05, 0) is 67.0 Å². The van der Waals surface area contributed by atoms with E-state index in [2.05, 4.69) is 17.4 Å². The second kappa shape index (κ2) is 7.69. The fourth-order valence-corrected chi connectivity index (χ4v) is 5.15. The first-order valence-corrected chi connectivity index (χ1v) is 10.9. The maximum Gasteiger partial charge on any atom is 0.255 e. The maximum atomic E-state index is 13.7. The number of nitrogens with one attached hydrogen (secondary N) is 1. The van der Waals surface area contributed by atoms with Crippen molar-refractivity contribution in [3.63, 3.8) is 0 Å². The molecule has 4 nitrogen and oxygen atoms in total. The van der Waals surface area contributed by atoms with E-state index in [1.54, 1.807) is 0 Å². The monoisotopic (exact) mass is 410 g/mol. The van der Waals surface area contributed by atoms with Crippen molar-refractivity contribution in [2.45, 2.75) is 45.2 Å². The average molecular weight is 411 g/mol. The highest BCUT2D eigenvalue weighted by molar-refractivity contribution is 6.08. The normalized spacial score (nSPS) is 19.7. The molecule has 156 valence electrons. The SMILES string of the molecule is Cc1cccc(C)c1NC(=O)C1c2ccccc2C(=O)N1C1CCCc2ccccc21. The molecule has 2 amide bonds. The number of nitrogens with zero attached hydrogens (tertiary/aromatic N) is 1. The van der Waals surface area contributed by atoms with Crippen molar-refractivity contribution in [1.82, 2.24) is 4.90 Å². The highest BCUT2D eigenvalue weighted by Gasteiger charge is 2.45. The van der Waals surface area contributed by atoms with Crippen LogP contribution in [0.25, 0.3) is 0 Å². The zero-order valence-electron chi connectivity index (χ0n) is 17.9. The van der Waals surface area contributed by atoms with Crippen LogP contribution in [-0.2, 0) is 11.2 Å². The van der Waals surface area contributed by atoms with Gasteiger partial charge in [-0.3, -0.25) is 9.59 Å². The molecule has 0 bridgehead atoms. The van der Waals surface area contributed by atoms with Gasteiger partial charge in [-0.1, -0.05) is 60.7 Å². The first kappa shape index (κ1) is 19.6. The number of anilines is 1. The number of rotatable bonds is 3. The van der Waals surface area contributed by atoms with Gasteiger partial charge < -0.3 is 10.2 Å². The van der Waals surface area contributed by atoms with Crippen LogP contribution >= 0.6 is 0 Å². The summed E-state index contributed by atoms with van der Waals surface area (Å²) in [5.74, 6) is -0.210. The second-order valence-electron chi connectivity index (χ2n) is 8.57. The topological polar surface area (TPSA) is 49.4 Å². The van der Waals surface area contributed by atoms with E-state index in [1.807, 2.05) is 73.3 Å². The molecule has 1 heterocycles. The molecule has 5 rings (SSSR count). The molecular formula is C27H26N2O2. The van der Waals surface area contributed by atoms with Crippen molar-refractivity contribution in [2.75, 3.05) is 5.32 Å². The lowest BCUT2D eigenvalue weighted by Gasteiger charge is -2.36. The van der Waals surface area contributed by atoms with Crippen LogP contribution in [0.2, 0.25) is 0 Å². The predicted molar refractivity (Wildman–Crippen MR) is 122 cm³/mol. The van der Waals surface area contributed by atoms with E-state index in [0.29, 0.717) is 5.56 Å². The molecule has 1 aliphatic heterocycles. The molecule has 2 unspecified atom stereocenters. The number of carbonyl (C=O) groups is 2. The van der Waals surface area contributed by atoms with Crippen LogP contribution in [0.3, 0.4) is 0 Å². The van der Waals surface area contributed by atoms with Crippen molar-refractivity contribution >= 4 is 17.5 Å². The van der Waals surface area contributed by atoms with E-state index >= 15 is 0 Å². The van der Waals surface area contributed by atoms with E-state index in [4.69, 9.17) is 0 Å². The molecule has 0 radical (unpaired) electrons. The second-order valence-corrected chi connectivity index (χ2v) is 8.57. The molecule has 0 saturated carbocycles. The summed E-state index contributed by atoms with van der Waals surface area (Å²) in [5, 5.41) is 3.14. The van der Waals surface area contributed by atoms with Gasteiger partial charge in [-0.2, -0.15) is 0 Å². The molecule has 4 heteroatoms. The highest BCUT2D eigenvalue weighted by atomic mass is 16.2. The standard InChI is InChI=1S/C27H26N2O2/c1-17-9-7-10-18(2)24(17)28-26(30)25-21-14-5-6-15-22(21)27(31)29(25)23-16-8-12-19-11-3-4-13-20(19)23/h3-7,9-11,13-15,23,25H,8,12,16H2,1-2H3,(H,28,30). The number of hydrogen-bond donors (Lipinski definition) is 1. The quantitative estimate of drug-likeness (QED) is 0.618. The molecule has 2 aliphatic rings. The summed E-state index contributed by atoms with van der Waals surface area (Å²) in [6.45, 7) is 3.98. The Bertz CT molecular complexity index is 1160. The lowest BCUT2D eigenvalue weighted by Crippen LogP contribution is -2.39. The van der Waals surface area contributed by atoms with Gasteiger partial charge in [0.25, 0.3) is 11.8 Å². The fourth-order valence-electron chi connectivity index (χ4n) is 5.15. The molecule has 3 aromatic rings. The minimum absolute atomic E-state index is 0.0565. The average Bonchev–Trinajstić information content (AvgIpc) is 3.08. The molecule has 1 aliphatic carbocycles. The molecule has 0 saturated heterocycles. The summed E-state index contributed by atoms with van der Waals surface area (Å²) in [7, 11) is 0. The minimum Gasteiger partial charge on any atom is -0.323 e. The number of para-hydroxylation sites is 1. The molecule has 31 heavy (non-hydrogen) atoms. The number of carbonyl (C=O) groups excluding carboxylic acids is 2. The van der Waals surface area contributed by atoms with E-state index in [0.717, 1.165) is 41.6 Å². The van der Waals surface area contributed by atoms with Crippen molar-refractivity contribution in [3.05, 3.63) is 100 Å². The predicted octanol–water partition coefficient (Wildman–Crippen LogP) is 5.52. The van der Waals surface area contributed by atoms with E-state index < -0.39 is 6.04 Å². The third-order valence-electron chi connectivity index (χ3n) is 6.65. The highest BCUT2D eigenvalue weighted by Crippen LogP contribution is 2.45. The zero-order chi connectivity index (χ0) is 21.5. The Balaban J connectivity index is 1.58. The van der Waals surface area contributed by atoms with Gasteiger partial charge in [0.2, 0.25) is 0 Å². The molecule has 0 fully saturated rings. The van der Waals surface area contributed by atoms with Crippen LogP contribution < -0.4 is 5.32 Å². The number of amides is 2. The summed E-state index contributed by atoms with van der Waals surface area (Å²) < 4.78 is 0. The van der Waals surface area contributed by atoms with Gasteiger partial charge in [0.05, 0.1) is 6.04 Å². The fraction of sp³-hybridized carbons (Fsp3) is 0.259. The summed E-state index contributed by atoms with van der Waals surface area (Å²) >= 11 is 0. The Morgan fingerprint density at radius 1 is 0.903 bits per heavy atom. The zero-order valence-corrected chi connectivity index (χ0v) is 17.9. The largest absolute Gasteiger partial charge is 0.323 e. The van der Waals surface area contributed by atoms with Gasteiger partial charge in [-0.15, -0.1) is 0 Å². The van der Waals surface area contributed by atoms with Crippen molar-refractivity contribution in [3.8, 4) is 0 Å². The first-order valence-electron chi connectivity index (χ1n) is 10.9. The van der Waals surface area contributed by atoms with Crippen LogP contribution in [0.4, 0.5) is 5.69 Å². The molecule has 0 spiro atoms. The third-order valence-corrected chi connectivity index (χ3v) is 6.65. The Morgan fingerprint density at radius 3 is 2.35 bits per heavy atom. The molecule has 0 aromatic heterocycles. The lowest BCUT2D eigenvalue weighted by molar-refractivity contribution is -0.121. The Labute approximate surface area is 182 Å². The lowest BCUT2D eigenvalue weighted by atomic mass is 9.86. The van der Waals surface area contributed by atoms with Crippen LogP contribution in [0.15, 0.2) is 66.7 Å². The van der Waals surface area contributed by atoms with Gasteiger partial charge in [0, 0.05) is 11.3 Å². The van der Waals surface area contributed by atoms with Crippen molar-refractivity contribution < 1.29 is 9.59 Å². The van der Waals surface area contributed by atoms with Crippen molar-refractivity contribution in [1.29, 1.82) is 0 Å². The summed E-state index contributed by atoms with van der Waals surface area (Å²) in [5.41, 5.74) is 6.72. The van der Waals surface area contributed by atoms with E-state index in [-0.39, 0.29) is 17.9 Å². The molecular weight excluding hydrogens is 384 g/mol. The van der Waals surface area contributed by atoms with E-state index in [1.165, 1.54) is 11.1 Å². The number of hydrogen-bond acceptors (Lipinski definition) is 2. The molecule has 2 atom stereocenters. The summed E-state index contributed by atoms with van der Waals surface area (Å²) in [6.07, 6.45) is 2.89. The van der Waals surface area contributed by atoms with Crippen LogP contribution in [0.1, 0.15) is 63.1 Å². The minimum atomic E-state index is -0.640. The van der Waals surface area contributed by atoms with Crippen LogP contribution in [0, 0.1) is 13.8 Å². The van der Waals surface area contributed by atoms with E-state index in [9.17, 15) is 9.59 Å². The van der Waals surface area contributed by atoms with Crippen LogP contribution in [-0.4, -0.2) is 16.7 Å². The Morgan fingerprint density at radius 2 is 1.58 bits per heavy atom. The Hall–Kier alpha value is -3.40. The summed E-state index contributed by atoms with van der Waals surface area (Å²) in [6, 6.07) is 21.1. The molecule has 3 aromatic carbocycles. The smallest absolute Gasteiger partial charge is 0.255 e. The first-order chi connectivity index (χ1) is 15.1. The number of benzene rings is 3. The van der Waals surface area contributed by atoms with Crippen LogP contribution in [0.5, 0.6) is 0 Å². The Kier molecular flexibility index (Phi) is 4.85. The van der Waals surface area contributed by atoms with Gasteiger partial charge in [0.1, 0.15) is 6.04 Å². The molecule has 1 N–H and O–H groups in total. The summed E-state index contributed by atoms with van der Waals surface area (Å²) in [4.78, 5) is 29.1. The third kappa shape index (κ3) is 3.23. The number of aryl methyl sites for hydroxylation is 3. The number of fused-ring (bicyclic) bond motifs is 2. The van der Waals surface area contributed by atoms with Crippen molar-refractivity contribution in [2.24, 2.45) is 0 Å².